The lowest BCUT2D eigenvalue weighted by molar-refractivity contribution is -0.164. The fourth-order valence-electron chi connectivity index (χ4n) is 0.673. The fourth-order valence-corrected chi connectivity index (χ4v) is 0.945. The van der Waals surface area contributed by atoms with Crippen LogP contribution in [0, 0.1) is 0 Å². The van der Waals surface area contributed by atoms with Crippen LogP contribution in [0.15, 0.2) is 0 Å². The highest BCUT2D eigenvalue weighted by atomic mass is 31.0. The molecule has 0 aromatic carbocycles. The van der Waals surface area contributed by atoms with Crippen molar-refractivity contribution in [1.29, 1.82) is 0 Å². The van der Waals surface area contributed by atoms with Crippen molar-refractivity contribution < 1.29 is 9.47 Å². The van der Waals surface area contributed by atoms with Crippen molar-refractivity contribution in [2.75, 3.05) is 19.4 Å². The van der Waals surface area contributed by atoms with Crippen LogP contribution in [0.5, 0.6) is 0 Å². The summed E-state index contributed by atoms with van der Waals surface area (Å²) in [5.41, 5.74) is 0. The number of hydrogen-bond acceptors (Lipinski definition) is 2. The Labute approximate surface area is 51.8 Å². The summed E-state index contributed by atoms with van der Waals surface area (Å²) in [7, 11) is 2.60. The first-order chi connectivity index (χ1) is 3.93. The van der Waals surface area contributed by atoms with Crippen LogP contribution in [-0.2, 0) is 9.47 Å². The highest BCUT2D eigenvalue weighted by Crippen LogP contribution is 2.06. The molecule has 1 unspecified atom stereocenters. The minimum absolute atomic E-state index is 0.0498. The predicted molar refractivity (Wildman–Crippen MR) is 34.9 cm³/mol. The Hall–Kier alpha value is 0.350. The monoisotopic (exact) mass is 134 g/mol. The van der Waals surface area contributed by atoms with E-state index in [2.05, 4.69) is 9.24 Å². The maximum absolute atomic E-state index is 5.18. The van der Waals surface area contributed by atoms with Crippen LogP contribution >= 0.6 is 9.24 Å². The van der Waals surface area contributed by atoms with E-state index in [-0.39, 0.29) is 6.29 Å². The van der Waals surface area contributed by atoms with Crippen LogP contribution in [0.4, 0.5) is 0 Å². The molecule has 0 radical (unpaired) electrons. The Morgan fingerprint density at radius 1 is 1.38 bits per heavy atom. The van der Waals surface area contributed by atoms with Gasteiger partial charge in [-0.3, -0.25) is 0 Å². The van der Waals surface area contributed by atoms with Crippen molar-refractivity contribution in [2.24, 2.45) is 0 Å². The normalized spacial score (nSPS) is 23.6. The topological polar surface area (TPSA) is 18.5 Å². The molecule has 0 aromatic heterocycles. The number of rotatable bonds is 1. The molecule has 0 spiro atoms. The highest BCUT2D eigenvalue weighted by molar-refractivity contribution is 7.16. The first kappa shape index (κ1) is 6.47. The summed E-state index contributed by atoms with van der Waals surface area (Å²) < 4.78 is 10.4. The van der Waals surface area contributed by atoms with Crippen molar-refractivity contribution >= 4 is 9.24 Å². The maximum Gasteiger partial charge on any atom is 0.160 e. The Kier molecular flexibility index (Phi) is 2.74. The van der Waals surface area contributed by atoms with E-state index in [4.69, 9.17) is 9.47 Å². The zero-order chi connectivity index (χ0) is 5.82. The van der Waals surface area contributed by atoms with Gasteiger partial charge in [-0.25, -0.2) is 0 Å². The first-order valence-corrected chi connectivity index (χ1v) is 3.68. The second-order valence-electron chi connectivity index (χ2n) is 1.76. The van der Waals surface area contributed by atoms with E-state index < -0.39 is 0 Å². The third-order valence-electron chi connectivity index (χ3n) is 1.09. The summed E-state index contributed by atoms with van der Waals surface area (Å²) in [6.07, 6.45) is 1.98. The molecule has 48 valence electrons. The van der Waals surface area contributed by atoms with Gasteiger partial charge in [0.05, 0.1) is 13.2 Å². The van der Waals surface area contributed by atoms with Gasteiger partial charge in [0.1, 0.15) is 0 Å². The second kappa shape index (κ2) is 3.39. The van der Waals surface area contributed by atoms with E-state index in [1.165, 1.54) is 0 Å². The van der Waals surface area contributed by atoms with Crippen LogP contribution in [0.1, 0.15) is 6.42 Å². The molecule has 8 heavy (non-hydrogen) atoms. The van der Waals surface area contributed by atoms with E-state index in [9.17, 15) is 0 Å². The molecular formula is C5H11O2P. The zero-order valence-electron chi connectivity index (χ0n) is 4.80. The van der Waals surface area contributed by atoms with Crippen LogP contribution in [0.25, 0.3) is 0 Å². The average Bonchev–Trinajstić information content (AvgIpc) is 1.90. The molecule has 0 aromatic rings. The molecule has 2 nitrogen and oxygen atoms in total. The molecular weight excluding hydrogens is 123 g/mol. The van der Waals surface area contributed by atoms with E-state index in [0.717, 1.165) is 25.8 Å². The highest BCUT2D eigenvalue weighted by Gasteiger charge is 2.09. The van der Waals surface area contributed by atoms with E-state index in [1.807, 2.05) is 0 Å². The smallest absolute Gasteiger partial charge is 0.160 e. The van der Waals surface area contributed by atoms with Gasteiger partial charge in [0.15, 0.2) is 6.29 Å². The van der Waals surface area contributed by atoms with Crippen molar-refractivity contribution in [1.82, 2.24) is 0 Å². The summed E-state index contributed by atoms with van der Waals surface area (Å²) in [5, 5.41) is 0. The molecule has 0 aliphatic carbocycles. The fraction of sp³-hybridized carbons (Fsp3) is 1.00. The minimum atomic E-state index is 0.0498. The molecule has 0 saturated carbocycles. The Morgan fingerprint density at radius 3 is 2.38 bits per heavy atom. The van der Waals surface area contributed by atoms with Gasteiger partial charge in [0.2, 0.25) is 0 Å². The second-order valence-corrected chi connectivity index (χ2v) is 2.23. The van der Waals surface area contributed by atoms with Gasteiger partial charge >= 0.3 is 0 Å². The summed E-state index contributed by atoms with van der Waals surface area (Å²) >= 11 is 0. The maximum atomic E-state index is 5.18. The minimum Gasteiger partial charge on any atom is -0.352 e. The van der Waals surface area contributed by atoms with Gasteiger partial charge in [0.25, 0.3) is 0 Å². The van der Waals surface area contributed by atoms with Crippen LogP contribution in [0.3, 0.4) is 0 Å². The molecule has 0 amide bonds. The molecule has 0 bridgehead atoms. The number of ether oxygens (including phenoxy) is 2. The van der Waals surface area contributed by atoms with Gasteiger partial charge in [-0.1, -0.05) is 0 Å². The lowest BCUT2D eigenvalue weighted by atomic mass is 10.4. The van der Waals surface area contributed by atoms with Gasteiger partial charge in [-0.15, -0.1) is 9.24 Å². The van der Waals surface area contributed by atoms with Crippen LogP contribution in [0.2, 0.25) is 0 Å². The summed E-state index contributed by atoms with van der Waals surface area (Å²) in [6, 6.07) is 0. The van der Waals surface area contributed by atoms with E-state index in [0.29, 0.717) is 0 Å². The first-order valence-electron chi connectivity index (χ1n) is 2.87. The van der Waals surface area contributed by atoms with Gasteiger partial charge in [-0.2, -0.15) is 0 Å². The van der Waals surface area contributed by atoms with Crippen LogP contribution < -0.4 is 0 Å². The molecule has 1 aliphatic rings. The molecule has 1 heterocycles. The van der Waals surface area contributed by atoms with Crippen molar-refractivity contribution in [3.8, 4) is 0 Å². The van der Waals surface area contributed by atoms with Gasteiger partial charge in [-0.05, 0) is 6.42 Å². The SMILES string of the molecule is PCC1OCCCO1. The van der Waals surface area contributed by atoms with Crippen molar-refractivity contribution in [3.05, 3.63) is 0 Å². The summed E-state index contributed by atoms with van der Waals surface area (Å²) in [6.45, 7) is 1.72. The van der Waals surface area contributed by atoms with Crippen molar-refractivity contribution in [2.45, 2.75) is 12.7 Å². The van der Waals surface area contributed by atoms with Gasteiger partial charge < -0.3 is 9.47 Å². The Bertz CT molecular complexity index is 61.4. The van der Waals surface area contributed by atoms with Gasteiger partial charge in [0, 0.05) is 6.16 Å². The average molecular weight is 134 g/mol. The Balaban J connectivity index is 2.13. The summed E-state index contributed by atoms with van der Waals surface area (Å²) in [4.78, 5) is 0. The predicted octanol–water partition coefficient (Wildman–Crippen LogP) is 0.625. The lowest BCUT2D eigenvalue weighted by Crippen LogP contribution is -2.25. The third-order valence-corrected chi connectivity index (χ3v) is 1.47. The quantitative estimate of drug-likeness (QED) is 0.489. The largest absolute Gasteiger partial charge is 0.352 e. The molecule has 3 heteroatoms. The van der Waals surface area contributed by atoms with E-state index >= 15 is 0 Å². The third kappa shape index (κ3) is 1.70. The standard InChI is InChI=1S/C5H11O2P/c8-4-5-6-2-1-3-7-5/h5H,1-4,8H2. The summed E-state index contributed by atoms with van der Waals surface area (Å²) in [5.74, 6) is 0. The van der Waals surface area contributed by atoms with Crippen LogP contribution in [-0.4, -0.2) is 25.7 Å². The molecule has 1 rings (SSSR count). The van der Waals surface area contributed by atoms with E-state index in [1.54, 1.807) is 0 Å². The Morgan fingerprint density at radius 2 is 2.00 bits per heavy atom. The molecule has 1 aliphatic heterocycles. The van der Waals surface area contributed by atoms with Crippen molar-refractivity contribution in [3.63, 3.8) is 0 Å². The molecule has 0 N–H and O–H groups in total. The lowest BCUT2D eigenvalue weighted by Gasteiger charge is -2.21. The zero-order valence-corrected chi connectivity index (χ0v) is 5.95. The number of hydrogen-bond donors (Lipinski definition) is 0. The molecule has 1 atom stereocenters. The molecule has 1 saturated heterocycles. The molecule has 1 fully saturated rings.